The number of nitrogens with zero attached hydrogens (tertiary/aromatic N) is 1. The van der Waals surface area contributed by atoms with E-state index in [1.165, 1.54) is 12.1 Å². The summed E-state index contributed by atoms with van der Waals surface area (Å²) in [6.45, 7) is 16.7. The van der Waals surface area contributed by atoms with Crippen LogP contribution < -0.4 is 10.6 Å². The zero-order valence-electron chi connectivity index (χ0n) is 33.7. The maximum atomic E-state index is 15.1. The Morgan fingerprint density at radius 1 is 0.722 bits per heavy atom. The van der Waals surface area contributed by atoms with Crippen molar-refractivity contribution in [1.29, 1.82) is 0 Å². The summed E-state index contributed by atoms with van der Waals surface area (Å²) in [6.07, 6.45) is 3.95. The summed E-state index contributed by atoms with van der Waals surface area (Å²) >= 11 is 0. The van der Waals surface area contributed by atoms with Gasteiger partial charge in [0.15, 0.2) is 0 Å². The molecule has 3 amide bonds. The molecule has 0 fully saturated rings. The number of unbranched alkanes of at least 4 members (excludes halogenated alkanes) is 4. The van der Waals surface area contributed by atoms with Crippen LogP contribution in [0.1, 0.15) is 114 Å². The highest BCUT2D eigenvalue weighted by Crippen LogP contribution is 2.29. The van der Waals surface area contributed by atoms with Crippen molar-refractivity contribution in [3.8, 4) is 5.75 Å². The Morgan fingerprint density at radius 3 is 1.93 bits per heavy atom. The molecule has 10 heteroatoms. The lowest BCUT2D eigenvalue weighted by atomic mass is 9.94. The molecule has 0 radical (unpaired) electrons. The van der Waals surface area contributed by atoms with Crippen LogP contribution in [0.5, 0.6) is 5.75 Å². The second kappa shape index (κ2) is 20.0. The standard InChI is InChI=1S/C44H61N3O7/c1-10-11-12-13-17-26-47(40(50)36(46-42(52)54-44(7,8)9)28-33-22-24-34(48)25-23-33)38(35-27-30(2)20-21-31(35)3)39(49)45-37(41(51)53-43(4,5)6)29-32-18-15-14-16-19-32/h14-16,18-25,27,36-38,48H,10-13,17,26,28-29H2,1-9H3,(H,45,49)(H,46,52). The van der Waals surface area contributed by atoms with Crippen LogP contribution in [0.2, 0.25) is 0 Å². The van der Waals surface area contributed by atoms with Crippen molar-refractivity contribution in [2.24, 2.45) is 0 Å². The van der Waals surface area contributed by atoms with Gasteiger partial charge in [-0.1, -0.05) is 98.8 Å². The molecule has 3 aromatic carbocycles. The van der Waals surface area contributed by atoms with Crippen LogP contribution in [0.15, 0.2) is 72.8 Å². The number of ether oxygens (including phenoxy) is 2. The van der Waals surface area contributed by atoms with Gasteiger partial charge in [-0.25, -0.2) is 9.59 Å². The largest absolute Gasteiger partial charge is 0.508 e. The van der Waals surface area contributed by atoms with E-state index in [2.05, 4.69) is 17.6 Å². The van der Waals surface area contributed by atoms with Crippen LogP contribution in [-0.2, 0) is 36.7 Å². The molecule has 294 valence electrons. The van der Waals surface area contributed by atoms with Crippen molar-refractivity contribution in [3.05, 3.63) is 101 Å². The molecule has 0 spiro atoms. The zero-order chi connectivity index (χ0) is 40.1. The van der Waals surface area contributed by atoms with Gasteiger partial charge in [0.25, 0.3) is 0 Å². The summed E-state index contributed by atoms with van der Waals surface area (Å²) in [4.78, 5) is 58.6. The average molecular weight is 744 g/mol. The molecule has 0 heterocycles. The van der Waals surface area contributed by atoms with E-state index in [-0.39, 0.29) is 25.1 Å². The molecular weight excluding hydrogens is 682 g/mol. The third-order valence-corrected chi connectivity index (χ3v) is 8.73. The quantitative estimate of drug-likeness (QED) is 0.0941. The van der Waals surface area contributed by atoms with Crippen LogP contribution in [0.25, 0.3) is 0 Å². The Kier molecular flexibility index (Phi) is 16.1. The number of aryl methyl sites for hydroxylation is 2. The van der Waals surface area contributed by atoms with Gasteiger partial charge in [0.05, 0.1) is 0 Å². The third-order valence-electron chi connectivity index (χ3n) is 8.73. The first-order valence-corrected chi connectivity index (χ1v) is 19.1. The minimum atomic E-state index is -1.16. The highest BCUT2D eigenvalue weighted by atomic mass is 16.6. The summed E-state index contributed by atoms with van der Waals surface area (Å²) in [5.74, 6) is -1.55. The molecule has 54 heavy (non-hydrogen) atoms. The Bertz CT molecular complexity index is 1680. The van der Waals surface area contributed by atoms with Gasteiger partial charge in [-0.15, -0.1) is 0 Å². The number of amides is 3. The van der Waals surface area contributed by atoms with E-state index in [0.29, 0.717) is 17.5 Å². The molecule has 10 nitrogen and oxygen atoms in total. The number of aromatic hydroxyl groups is 1. The van der Waals surface area contributed by atoms with E-state index in [0.717, 1.165) is 42.4 Å². The van der Waals surface area contributed by atoms with E-state index in [1.54, 1.807) is 58.6 Å². The molecule has 0 saturated carbocycles. The number of hydrogen-bond acceptors (Lipinski definition) is 7. The predicted octanol–water partition coefficient (Wildman–Crippen LogP) is 8.05. The molecule has 0 aliphatic rings. The Morgan fingerprint density at radius 2 is 1.31 bits per heavy atom. The number of phenolic OH excluding ortho intramolecular Hbond substituents is 1. The van der Waals surface area contributed by atoms with Crippen molar-refractivity contribution in [1.82, 2.24) is 15.5 Å². The number of nitrogens with one attached hydrogen (secondary N) is 2. The van der Waals surface area contributed by atoms with E-state index >= 15 is 4.79 Å². The van der Waals surface area contributed by atoms with E-state index in [9.17, 15) is 19.5 Å². The van der Waals surface area contributed by atoms with Crippen molar-refractivity contribution >= 4 is 23.9 Å². The number of alkyl carbamates (subject to hydrolysis) is 1. The summed E-state index contributed by atoms with van der Waals surface area (Å²) in [5, 5.41) is 15.7. The van der Waals surface area contributed by atoms with Crippen LogP contribution >= 0.6 is 0 Å². The number of benzene rings is 3. The molecule has 0 saturated heterocycles. The minimum absolute atomic E-state index is 0.0668. The molecule has 3 N–H and O–H groups in total. The first-order chi connectivity index (χ1) is 25.4. The second-order valence-corrected chi connectivity index (χ2v) is 16.1. The highest BCUT2D eigenvalue weighted by molar-refractivity contribution is 5.94. The fraction of sp³-hybridized carbons (Fsp3) is 0.500. The third kappa shape index (κ3) is 14.5. The van der Waals surface area contributed by atoms with Gasteiger partial charge in [0, 0.05) is 19.4 Å². The van der Waals surface area contributed by atoms with Crippen LogP contribution in [0.4, 0.5) is 4.79 Å². The van der Waals surface area contributed by atoms with Gasteiger partial charge >= 0.3 is 12.1 Å². The van der Waals surface area contributed by atoms with Gasteiger partial charge in [-0.05, 0) is 96.2 Å². The number of hydrogen-bond donors (Lipinski definition) is 3. The Balaban J connectivity index is 2.17. The molecule has 3 rings (SSSR count). The second-order valence-electron chi connectivity index (χ2n) is 16.1. The Hall–Kier alpha value is -4.86. The predicted molar refractivity (Wildman–Crippen MR) is 212 cm³/mol. The van der Waals surface area contributed by atoms with Crippen LogP contribution in [0.3, 0.4) is 0 Å². The number of carbonyl (C=O) groups is 4. The number of rotatable bonds is 17. The van der Waals surface area contributed by atoms with Crippen molar-refractivity contribution in [3.63, 3.8) is 0 Å². The number of carbonyl (C=O) groups excluding carboxylic acids is 4. The monoisotopic (exact) mass is 743 g/mol. The van der Waals surface area contributed by atoms with Gasteiger partial charge in [-0.2, -0.15) is 0 Å². The summed E-state index contributed by atoms with van der Waals surface area (Å²) in [5.41, 5.74) is 2.17. The van der Waals surface area contributed by atoms with Gasteiger partial charge in [0.1, 0.15) is 35.1 Å². The highest BCUT2D eigenvalue weighted by Gasteiger charge is 2.39. The van der Waals surface area contributed by atoms with Gasteiger partial charge in [0.2, 0.25) is 11.8 Å². The normalized spacial score (nSPS) is 13.3. The smallest absolute Gasteiger partial charge is 0.408 e. The van der Waals surface area contributed by atoms with Crippen molar-refractivity contribution < 1.29 is 33.8 Å². The lowest BCUT2D eigenvalue weighted by molar-refractivity contribution is -0.159. The molecule has 3 atom stereocenters. The van der Waals surface area contributed by atoms with Crippen LogP contribution in [0, 0.1) is 13.8 Å². The summed E-state index contributed by atoms with van der Waals surface area (Å²) in [6, 6.07) is 18.2. The fourth-order valence-electron chi connectivity index (χ4n) is 6.14. The zero-order valence-corrected chi connectivity index (χ0v) is 33.7. The topological polar surface area (TPSA) is 134 Å². The average Bonchev–Trinajstić information content (AvgIpc) is 3.08. The van der Waals surface area contributed by atoms with Crippen molar-refractivity contribution in [2.75, 3.05) is 6.54 Å². The SMILES string of the molecule is CCCCCCCN(C(=O)C(Cc1ccc(O)cc1)NC(=O)OC(C)(C)C)C(C(=O)NC(Cc1ccccc1)C(=O)OC(C)(C)C)c1cc(C)ccc1C. The molecule has 0 bridgehead atoms. The fourth-order valence-corrected chi connectivity index (χ4v) is 6.14. The van der Waals surface area contributed by atoms with Gasteiger partial charge < -0.3 is 30.1 Å². The molecule has 0 aliphatic carbocycles. The number of esters is 1. The van der Waals surface area contributed by atoms with Gasteiger partial charge in [-0.3, -0.25) is 9.59 Å². The number of phenols is 1. The molecule has 3 aromatic rings. The summed E-state index contributed by atoms with van der Waals surface area (Å²) in [7, 11) is 0. The molecule has 0 aromatic heterocycles. The van der Waals surface area contributed by atoms with Crippen LogP contribution in [-0.4, -0.2) is 63.7 Å². The first kappa shape index (κ1) is 43.5. The summed E-state index contributed by atoms with van der Waals surface area (Å²) < 4.78 is 11.4. The van der Waals surface area contributed by atoms with E-state index in [1.807, 2.05) is 62.4 Å². The first-order valence-electron chi connectivity index (χ1n) is 19.1. The lowest BCUT2D eigenvalue weighted by Crippen LogP contribution is -2.55. The Labute approximate surface area is 322 Å². The van der Waals surface area contributed by atoms with E-state index in [4.69, 9.17) is 9.47 Å². The van der Waals surface area contributed by atoms with Crippen molar-refractivity contribution in [2.45, 2.75) is 137 Å². The minimum Gasteiger partial charge on any atom is -0.508 e. The molecular formula is C44H61N3O7. The van der Waals surface area contributed by atoms with E-state index < -0.39 is 53.2 Å². The maximum absolute atomic E-state index is 15.1. The lowest BCUT2D eigenvalue weighted by Gasteiger charge is -2.36. The molecule has 0 aliphatic heterocycles. The maximum Gasteiger partial charge on any atom is 0.408 e. The molecule has 3 unspecified atom stereocenters.